The lowest BCUT2D eigenvalue weighted by Crippen LogP contribution is -2.45. The van der Waals surface area contributed by atoms with Crippen LogP contribution >= 0.6 is 11.6 Å². The fourth-order valence-electron chi connectivity index (χ4n) is 1.91. The van der Waals surface area contributed by atoms with Gasteiger partial charge in [-0.3, -0.25) is 10.1 Å². The Morgan fingerprint density at radius 3 is 3.05 bits per heavy atom. The molecule has 1 aromatic carbocycles. The highest BCUT2D eigenvalue weighted by atomic mass is 35.5. The molecule has 1 aliphatic heterocycles. The number of rotatable bonds is 4. The number of morpholine rings is 1. The zero-order valence-corrected chi connectivity index (χ0v) is 11.2. The van der Waals surface area contributed by atoms with Crippen molar-refractivity contribution in [1.82, 2.24) is 5.32 Å². The van der Waals surface area contributed by atoms with Crippen molar-refractivity contribution >= 4 is 17.3 Å². The highest BCUT2D eigenvalue weighted by Gasteiger charge is 2.21. The predicted molar refractivity (Wildman–Crippen MR) is 70.8 cm³/mol. The third-order valence-corrected chi connectivity index (χ3v) is 3.01. The minimum absolute atomic E-state index is 0.0961. The predicted octanol–water partition coefficient (Wildman–Crippen LogP) is 2.00. The molecule has 0 aliphatic carbocycles. The van der Waals surface area contributed by atoms with Crippen LogP contribution in [0.3, 0.4) is 0 Å². The number of benzene rings is 1. The van der Waals surface area contributed by atoms with Gasteiger partial charge in [0.1, 0.15) is 12.7 Å². The topological polar surface area (TPSA) is 73.6 Å². The second kappa shape index (κ2) is 6.18. The van der Waals surface area contributed by atoms with Crippen molar-refractivity contribution in [2.75, 3.05) is 19.7 Å². The summed E-state index contributed by atoms with van der Waals surface area (Å²) in [5.41, 5.74) is -0.0961. The maximum atomic E-state index is 10.9. The molecule has 1 fully saturated rings. The molecule has 2 unspecified atom stereocenters. The van der Waals surface area contributed by atoms with Crippen LogP contribution in [0, 0.1) is 10.1 Å². The first-order chi connectivity index (χ1) is 9.06. The van der Waals surface area contributed by atoms with Crippen LogP contribution in [0.25, 0.3) is 0 Å². The van der Waals surface area contributed by atoms with E-state index in [0.717, 1.165) is 6.54 Å². The molecule has 1 N–H and O–H groups in total. The smallest absolute Gasteiger partial charge is 0.311 e. The third-order valence-electron chi connectivity index (χ3n) is 2.77. The van der Waals surface area contributed by atoms with Crippen LogP contribution in [-0.4, -0.2) is 36.8 Å². The molecule has 2 rings (SSSR count). The fourth-order valence-corrected chi connectivity index (χ4v) is 2.07. The molecule has 6 nitrogen and oxygen atoms in total. The van der Waals surface area contributed by atoms with Crippen molar-refractivity contribution in [1.29, 1.82) is 0 Å². The second-order valence-electron chi connectivity index (χ2n) is 4.41. The summed E-state index contributed by atoms with van der Waals surface area (Å²) in [6.07, 6.45) is -0.0148. The van der Waals surface area contributed by atoms with Gasteiger partial charge in [-0.15, -0.1) is 0 Å². The van der Waals surface area contributed by atoms with Gasteiger partial charge in [-0.25, -0.2) is 0 Å². The highest BCUT2D eigenvalue weighted by Crippen LogP contribution is 2.30. The summed E-state index contributed by atoms with van der Waals surface area (Å²) >= 11 is 5.82. The zero-order chi connectivity index (χ0) is 13.8. The van der Waals surface area contributed by atoms with Crippen molar-refractivity contribution in [3.63, 3.8) is 0 Å². The number of hydrogen-bond donors (Lipinski definition) is 1. The molecule has 0 radical (unpaired) electrons. The molecule has 0 bridgehead atoms. The molecule has 1 aromatic rings. The lowest BCUT2D eigenvalue weighted by atomic mass is 10.2. The Bertz CT molecular complexity index is 469. The molecule has 7 heteroatoms. The maximum Gasteiger partial charge on any atom is 0.311 e. The molecule has 1 saturated heterocycles. The Balaban J connectivity index is 2.02. The van der Waals surface area contributed by atoms with Crippen LogP contribution in [0.2, 0.25) is 5.02 Å². The van der Waals surface area contributed by atoms with Gasteiger partial charge in [0.05, 0.1) is 11.0 Å². The number of nitrogens with zero attached hydrogens (tertiary/aromatic N) is 1. The molecule has 2 atom stereocenters. The van der Waals surface area contributed by atoms with E-state index >= 15 is 0 Å². The SMILES string of the molecule is CC1CNCC(COc2cc(Cl)ccc2[N+](=O)[O-])O1. The van der Waals surface area contributed by atoms with E-state index in [1.807, 2.05) is 6.92 Å². The van der Waals surface area contributed by atoms with Crippen LogP contribution in [0.4, 0.5) is 5.69 Å². The van der Waals surface area contributed by atoms with Gasteiger partial charge in [0.15, 0.2) is 5.75 Å². The lowest BCUT2D eigenvalue weighted by molar-refractivity contribution is -0.385. The number of nitro groups is 1. The molecule has 0 spiro atoms. The van der Waals surface area contributed by atoms with Crippen molar-refractivity contribution in [3.8, 4) is 5.75 Å². The van der Waals surface area contributed by atoms with E-state index in [4.69, 9.17) is 21.1 Å². The third kappa shape index (κ3) is 3.79. The van der Waals surface area contributed by atoms with E-state index in [1.165, 1.54) is 18.2 Å². The summed E-state index contributed by atoms with van der Waals surface area (Å²) in [4.78, 5) is 10.4. The number of nitro benzene ring substituents is 1. The van der Waals surface area contributed by atoms with Crippen LogP contribution in [0.15, 0.2) is 18.2 Å². The van der Waals surface area contributed by atoms with Crippen molar-refractivity contribution < 1.29 is 14.4 Å². The number of ether oxygens (including phenoxy) is 2. The summed E-state index contributed by atoms with van der Waals surface area (Å²) in [7, 11) is 0. The van der Waals surface area contributed by atoms with E-state index in [2.05, 4.69) is 5.32 Å². The average molecular weight is 287 g/mol. The van der Waals surface area contributed by atoms with Gasteiger partial charge in [0.2, 0.25) is 0 Å². The van der Waals surface area contributed by atoms with Crippen molar-refractivity contribution in [2.45, 2.75) is 19.1 Å². The van der Waals surface area contributed by atoms with Gasteiger partial charge in [0.25, 0.3) is 0 Å². The Labute approximate surface area is 115 Å². The standard InChI is InChI=1S/C12H15ClN2O4/c1-8-5-14-6-10(19-8)7-18-12-4-9(13)2-3-11(12)15(16)17/h2-4,8,10,14H,5-7H2,1H3. The van der Waals surface area contributed by atoms with Crippen LogP contribution in [0.5, 0.6) is 5.75 Å². The van der Waals surface area contributed by atoms with Crippen LogP contribution in [-0.2, 0) is 4.74 Å². The minimum atomic E-state index is -0.492. The minimum Gasteiger partial charge on any atom is -0.484 e. The van der Waals surface area contributed by atoms with Gasteiger partial charge in [-0.05, 0) is 13.0 Å². The molecule has 0 amide bonds. The Kier molecular flexibility index (Phi) is 4.57. The molecular weight excluding hydrogens is 272 g/mol. The average Bonchev–Trinajstić information content (AvgIpc) is 2.36. The van der Waals surface area contributed by atoms with E-state index in [1.54, 1.807) is 0 Å². The Morgan fingerprint density at radius 1 is 1.58 bits per heavy atom. The van der Waals surface area contributed by atoms with Gasteiger partial charge in [-0.2, -0.15) is 0 Å². The first-order valence-electron chi connectivity index (χ1n) is 5.99. The number of hydrogen-bond acceptors (Lipinski definition) is 5. The second-order valence-corrected chi connectivity index (χ2v) is 4.84. The number of nitrogens with one attached hydrogen (secondary N) is 1. The monoisotopic (exact) mass is 286 g/mol. The molecule has 1 heterocycles. The quantitative estimate of drug-likeness (QED) is 0.677. The van der Waals surface area contributed by atoms with Gasteiger partial charge < -0.3 is 14.8 Å². The van der Waals surface area contributed by atoms with E-state index in [9.17, 15) is 10.1 Å². The Morgan fingerprint density at radius 2 is 2.37 bits per heavy atom. The summed E-state index contributed by atoms with van der Waals surface area (Å²) < 4.78 is 11.1. The maximum absolute atomic E-state index is 10.9. The normalized spacial score (nSPS) is 23.1. The highest BCUT2D eigenvalue weighted by molar-refractivity contribution is 6.30. The summed E-state index contributed by atoms with van der Waals surface area (Å²) in [5, 5.41) is 14.5. The first-order valence-corrected chi connectivity index (χ1v) is 6.37. The molecule has 19 heavy (non-hydrogen) atoms. The van der Waals surface area contributed by atoms with E-state index < -0.39 is 4.92 Å². The molecule has 104 valence electrons. The van der Waals surface area contributed by atoms with Crippen LogP contribution < -0.4 is 10.1 Å². The molecule has 0 aromatic heterocycles. The largest absolute Gasteiger partial charge is 0.484 e. The summed E-state index contributed by atoms with van der Waals surface area (Å²) in [6, 6.07) is 4.24. The fraction of sp³-hybridized carbons (Fsp3) is 0.500. The van der Waals surface area contributed by atoms with Crippen molar-refractivity contribution in [3.05, 3.63) is 33.3 Å². The van der Waals surface area contributed by atoms with Gasteiger partial charge in [0, 0.05) is 30.2 Å². The Hall–Kier alpha value is -1.37. The first kappa shape index (κ1) is 14.0. The zero-order valence-electron chi connectivity index (χ0n) is 10.5. The number of halogens is 1. The van der Waals surface area contributed by atoms with Crippen molar-refractivity contribution in [2.24, 2.45) is 0 Å². The van der Waals surface area contributed by atoms with Crippen LogP contribution in [0.1, 0.15) is 6.92 Å². The lowest BCUT2D eigenvalue weighted by Gasteiger charge is -2.28. The van der Waals surface area contributed by atoms with Gasteiger partial charge in [-0.1, -0.05) is 11.6 Å². The summed E-state index contributed by atoms with van der Waals surface area (Å²) in [6.45, 7) is 3.67. The molecule has 0 saturated carbocycles. The molecular formula is C12H15ClN2O4. The molecule has 1 aliphatic rings. The van der Waals surface area contributed by atoms with Gasteiger partial charge >= 0.3 is 5.69 Å². The summed E-state index contributed by atoms with van der Waals surface area (Å²) in [5.74, 6) is 0.166. The van der Waals surface area contributed by atoms with E-state index in [0.29, 0.717) is 11.6 Å². The van der Waals surface area contributed by atoms with E-state index in [-0.39, 0.29) is 30.3 Å².